The number of hydrogen-bond donors (Lipinski definition) is 2. The van der Waals surface area contributed by atoms with E-state index in [2.05, 4.69) is 15.5 Å². The lowest BCUT2D eigenvalue weighted by Crippen LogP contribution is -2.37. The van der Waals surface area contributed by atoms with Crippen LogP contribution in [0.4, 0.5) is 0 Å². The molecule has 1 unspecified atom stereocenters. The predicted molar refractivity (Wildman–Crippen MR) is 63.1 cm³/mol. The summed E-state index contributed by atoms with van der Waals surface area (Å²) in [6, 6.07) is -0.890. The molecule has 1 saturated carbocycles. The number of nitrogens with zero attached hydrogens (tertiary/aromatic N) is 2. The van der Waals surface area contributed by atoms with Gasteiger partial charge < -0.3 is 14.9 Å². The molecular weight excluding hydrogens is 258 g/mol. The molecule has 18 heavy (non-hydrogen) atoms. The first kappa shape index (κ1) is 12.9. The quantitative estimate of drug-likeness (QED) is 0.658. The van der Waals surface area contributed by atoms with E-state index in [-0.39, 0.29) is 5.75 Å². The van der Waals surface area contributed by atoms with Gasteiger partial charge in [0.25, 0.3) is 0 Å². The van der Waals surface area contributed by atoms with E-state index < -0.39 is 12.0 Å². The standard InChI is InChI=1S/C10H13N3O4S/c14-5-11-7(10(15)16)3-18-4-8-12-9(13-17-8)6-1-2-6/h5-7H,1-4H2,(H,11,14)(H,15,16). The fraction of sp³-hybridized carbons (Fsp3) is 0.600. The van der Waals surface area contributed by atoms with E-state index in [1.165, 1.54) is 11.8 Å². The zero-order chi connectivity index (χ0) is 13.0. The Kier molecular flexibility index (Phi) is 4.19. The van der Waals surface area contributed by atoms with Crippen molar-refractivity contribution in [2.75, 3.05) is 5.75 Å². The van der Waals surface area contributed by atoms with Crippen LogP contribution in [0.15, 0.2) is 4.52 Å². The molecule has 1 aromatic heterocycles. The Morgan fingerprint density at radius 3 is 3.06 bits per heavy atom. The SMILES string of the molecule is O=CNC(CSCc1nc(C2CC2)no1)C(=O)O. The number of hydrogen-bond acceptors (Lipinski definition) is 6. The Labute approximate surface area is 107 Å². The molecular formula is C10H13N3O4S. The minimum absolute atomic E-state index is 0.259. The van der Waals surface area contributed by atoms with Crippen molar-refractivity contribution in [2.45, 2.75) is 30.6 Å². The lowest BCUT2D eigenvalue weighted by molar-refractivity contribution is -0.139. The van der Waals surface area contributed by atoms with Crippen LogP contribution >= 0.6 is 11.8 Å². The molecule has 1 aliphatic carbocycles. The van der Waals surface area contributed by atoms with Crippen molar-refractivity contribution < 1.29 is 19.2 Å². The van der Waals surface area contributed by atoms with Gasteiger partial charge in [0, 0.05) is 11.7 Å². The number of carbonyl (C=O) groups excluding carboxylic acids is 1. The van der Waals surface area contributed by atoms with Gasteiger partial charge in [0.05, 0.1) is 5.75 Å². The van der Waals surface area contributed by atoms with E-state index >= 15 is 0 Å². The molecule has 0 aromatic carbocycles. The molecule has 1 amide bonds. The lowest BCUT2D eigenvalue weighted by Gasteiger charge is -2.08. The monoisotopic (exact) mass is 271 g/mol. The van der Waals surface area contributed by atoms with Crippen LogP contribution in [-0.2, 0) is 15.3 Å². The number of nitrogens with one attached hydrogen (secondary N) is 1. The van der Waals surface area contributed by atoms with E-state index in [0.29, 0.717) is 24.0 Å². The number of carboxylic acid groups (broad SMARTS) is 1. The summed E-state index contributed by atoms with van der Waals surface area (Å²) in [5.41, 5.74) is 0. The topological polar surface area (TPSA) is 105 Å². The van der Waals surface area contributed by atoms with Gasteiger partial charge in [-0.2, -0.15) is 4.98 Å². The fourth-order valence-corrected chi connectivity index (χ4v) is 2.26. The second-order valence-electron chi connectivity index (χ2n) is 4.01. The van der Waals surface area contributed by atoms with Gasteiger partial charge in [0.1, 0.15) is 6.04 Å². The van der Waals surface area contributed by atoms with Gasteiger partial charge in [-0.3, -0.25) is 4.79 Å². The molecule has 1 aromatic rings. The smallest absolute Gasteiger partial charge is 0.327 e. The molecule has 0 aliphatic heterocycles. The highest BCUT2D eigenvalue weighted by molar-refractivity contribution is 7.98. The van der Waals surface area contributed by atoms with Crippen molar-refractivity contribution in [3.8, 4) is 0 Å². The summed E-state index contributed by atoms with van der Waals surface area (Å²) in [6.45, 7) is 0. The second kappa shape index (κ2) is 5.85. The molecule has 0 bridgehead atoms. The Bertz CT molecular complexity index is 433. The van der Waals surface area contributed by atoms with Crippen LogP contribution in [0.5, 0.6) is 0 Å². The van der Waals surface area contributed by atoms with Gasteiger partial charge in [0.2, 0.25) is 12.3 Å². The van der Waals surface area contributed by atoms with E-state index in [1.807, 2.05) is 0 Å². The van der Waals surface area contributed by atoms with Crippen LogP contribution in [-0.4, -0.2) is 39.4 Å². The molecule has 0 radical (unpaired) electrons. The maximum absolute atomic E-state index is 10.7. The van der Waals surface area contributed by atoms with E-state index in [0.717, 1.165) is 18.7 Å². The summed E-state index contributed by atoms with van der Waals surface area (Å²) in [4.78, 5) is 25.2. The molecule has 1 atom stereocenters. The highest BCUT2D eigenvalue weighted by Gasteiger charge is 2.28. The van der Waals surface area contributed by atoms with Crippen molar-refractivity contribution in [2.24, 2.45) is 0 Å². The normalized spacial score (nSPS) is 16.2. The zero-order valence-electron chi connectivity index (χ0n) is 9.54. The third kappa shape index (κ3) is 3.46. The highest BCUT2D eigenvalue weighted by atomic mass is 32.2. The third-order valence-corrected chi connectivity index (χ3v) is 3.52. The maximum Gasteiger partial charge on any atom is 0.327 e. The summed E-state index contributed by atoms with van der Waals surface area (Å²) in [7, 11) is 0. The van der Waals surface area contributed by atoms with Crippen LogP contribution in [0.2, 0.25) is 0 Å². The molecule has 1 fully saturated rings. The predicted octanol–water partition coefficient (Wildman–Crippen LogP) is 0.379. The second-order valence-corrected chi connectivity index (χ2v) is 5.04. The van der Waals surface area contributed by atoms with Gasteiger partial charge in [-0.1, -0.05) is 5.16 Å². The van der Waals surface area contributed by atoms with Gasteiger partial charge in [0.15, 0.2) is 5.82 Å². The third-order valence-electron chi connectivity index (χ3n) is 2.50. The van der Waals surface area contributed by atoms with Crippen molar-refractivity contribution in [3.63, 3.8) is 0 Å². The number of amides is 1. The number of thioether (sulfide) groups is 1. The largest absolute Gasteiger partial charge is 0.480 e. The first-order valence-electron chi connectivity index (χ1n) is 5.53. The van der Waals surface area contributed by atoms with E-state index in [1.54, 1.807) is 0 Å². The summed E-state index contributed by atoms with van der Waals surface area (Å²) in [6.07, 6.45) is 2.60. The van der Waals surface area contributed by atoms with Gasteiger partial charge in [-0.05, 0) is 12.8 Å². The molecule has 98 valence electrons. The van der Waals surface area contributed by atoms with Gasteiger partial charge in [-0.15, -0.1) is 11.8 Å². The van der Waals surface area contributed by atoms with Crippen molar-refractivity contribution in [1.82, 2.24) is 15.5 Å². The Hall–Kier alpha value is -1.57. The fourth-order valence-electron chi connectivity index (χ4n) is 1.37. The Balaban J connectivity index is 1.75. The van der Waals surface area contributed by atoms with Crippen LogP contribution in [0.3, 0.4) is 0 Å². The summed E-state index contributed by atoms with van der Waals surface area (Å²) in [5.74, 6) is 1.33. The summed E-state index contributed by atoms with van der Waals surface area (Å²) < 4.78 is 5.05. The number of carboxylic acids is 1. The van der Waals surface area contributed by atoms with Crippen LogP contribution in [0, 0.1) is 0 Å². The first-order valence-corrected chi connectivity index (χ1v) is 6.69. The van der Waals surface area contributed by atoms with Crippen molar-refractivity contribution in [1.29, 1.82) is 0 Å². The van der Waals surface area contributed by atoms with Crippen LogP contribution in [0.1, 0.15) is 30.5 Å². The first-order chi connectivity index (χ1) is 8.70. The molecule has 2 N–H and O–H groups in total. The van der Waals surface area contributed by atoms with Crippen molar-refractivity contribution in [3.05, 3.63) is 11.7 Å². The molecule has 1 aliphatic rings. The summed E-state index contributed by atoms with van der Waals surface area (Å²) in [5, 5.41) is 14.9. The van der Waals surface area contributed by atoms with E-state index in [9.17, 15) is 9.59 Å². The number of aromatic nitrogens is 2. The molecule has 7 nitrogen and oxygen atoms in total. The minimum atomic E-state index is -1.06. The lowest BCUT2D eigenvalue weighted by atomic mass is 10.3. The van der Waals surface area contributed by atoms with Gasteiger partial charge >= 0.3 is 5.97 Å². The number of rotatable bonds is 8. The number of aliphatic carboxylic acids is 1. The van der Waals surface area contributed by atoms with E-state index in [4.69, 9.17) is 9.63 Å². The molecule has 0 spiro atoms. The molecule has 1 heterocycles. The zero-order valence-corrected chi connectivity index (χ0v) is 10.4. The van der Waals surface area contributed by atoms with Gasteiger partial charge in [-0.25, -0.2) is 4.79 Å². The minimum Gasteiger partial charge on any atom is -0.480 e. The molecule has 2 rings (SSSR count). The van der Waals surface area contributed by atoms with Crippen LogP contribution in [0.25, 0.3) is 0 Å². The summed E-state index contributed by atoms with van der Waals surface area (Å²) >= 11 is 1.33. The van der Waals surface area contributed by atoms with Crippen molar-refractivity contribution >= 4 is 24.1 Å². The average molecular weight is 271 g/mol. The molecule has 0 saturated heterocycles. The average Bonchev–Trinajstić information content (AvgIpc) is 3.08. The maximum atomic E-state index is 10.7. The number of carbonyl (C=O) groups is 2. The molecule has 8 heteroatoms. The Morgan fingerprint density at radius 1 is 1.67 bits per heavy atom. The van der Waals surface area contributed by atoms with Crippen LogP contribution < -0.4 is 5.32 Å². The Morgan fingerprint density at radius 2 is 2.44 bits per heavy atom. The highest BCUT2D eigenvalue weighted by Crippen LogP contribution is 2.38.